The molecule has 0 unspecified atom stereocenters. The molecule has 1 aliphatic carbocycles. The Kier molecular flexibility index (Phi) is 4.52. The summed E-state index contributed by atoms with van der Waals surface area (Å²) in [5.74, 6) is 0. The lowest BCUT2D eigenvalue weighted by Crippen LogP contribution is -2.17. The van der Waals surface area contributed by atoms with Crippen LogP contribution in [0, 0.1) is 3.57 Å². The van der Waals surface area contributed by atoms with E-state index in [1.165, 1.54) is 0 Å². The molecule has 1 heterocycles. The summed E-state index contributed by atoms with van der Waals surface area (Å²) in [4.78, 5) is 9.72. The smallest absolute Gasteiger partial charge is 0.103 e. The number of rotatable bonds is 2. The Bertz CT molecular complexity index is 1360. The van der Waals surface area contributed by atoms with Crippen LogP contribution in [0.1, 0.15) is 0 Å². The fraction of sp³-hybridized carbons (Fsp3) is 0. The molecule has 0 radical (unpaired) electrons. The number of nitrogens with zero attached hydrogens (tertiary/aromatic N) is 3. The third-order valence-electron chi connectivity index (χ3n) is 4.85. The molecule has 2 aliphatic rings. The lowest BCUT2D eigenvalue weighted by atomic mass is 10.1. The topological polar surface area (TPSA) is 56.2 Å². The zero-order chi connectivity index (χ0) is 19.8. The maximum atomic E-state index is 6.48. The lowest BCUT2D eigenvalue weighted by Gasteiger charge is -2.20. The third-order valence-corrected chi connectivity index (χ3v) is 5.94. The van der Waals surface area contributed by atoms with E-state index in [-0.39, 0.29) is 0 Å². The Hall–Kier alpha value is -3.19. The van der Waals surface area contributed by atoms with Gasteiger partial charge in [0.25, 0.3) is 0 Å². The standard InChI is InChI=1S/C24H17IN4/c25-22-23(26)19(27-16-9-3-1-4-10-16)15-21-24(22)28-18-13-7-8-14-20(18)29(21)17-11-5-2-6-12-17/h1-15H,26H2. The molecule has 4 nitrogen and oxygen atoms in total. The maximum Gasteiger partial charge on any atom is 0.103 e. The van der Waals surface area contributed by atoms with Crippen molar-refractivity contribution in [2.45, 2.75) is 0 Å². The van der Waals surface area contributed by atoms with E-state index in [9.17, 15) is 0 Å². The molecule has 0 bridgehead atoms. The summed E-state index contributed by atoms with van der Waals surface area (Å²) in [7, 11) is 0. The summed E-state index contributed by atoms with van der Waals surface area (Å²) in [6.07, 6.45) is 0. The number of hydrogen-bond acceptors (Lipinski definition) is 3. The molecule has 0 saturated heterocycles. The number of anilines is 1. The number of nitrogen functional groups attached to an aromatic ring is 1. The molecule has 0 atom stereocenters. The number of benzene rings is 4. The molecule has 140 valence electrons. The van der Waals surface area contributed by atoms with Crippen LogP contribution >= 0.6 is 22.6 Å². The van der Waals surface area contributed by atoms with Gasteiger partial charge in [0.2, 0.25) is 0 Å². The number of para-hydroxylation sites is 4. The van der Waals surface area contributed by atoms with Crippen molar-refractivity contribution in [2.75, 3.05) is 5.73 Å². The summed E-state index contributed by atoms with van der Waals surface area (Å²) in [5.41, 5.74) is 12.9. The fourth-order valence-corrected chi connectivity index (χ4v) is 4.17. The Morgan fingerprint density at radius 2 is 1.48 bits per heavy atom. The molecular formula is C24H17IN4. The van der Waals surface area contributed by atoms with Crippen molar-refractivity contribution in [1.29, 1.82) is 0 Å². The van der Waals surface area contributed by atoms with Gasteiger partial charge in [-0.3, -0.25) is 0 Å². The minimum absolute atomic E-state index is 0.643. The van der Waals surface area contributed by atoms with Gasteiger partial charge in [-0.15, -0.1) is 0 Å². The number of nitrogens with two attached hydrogens (primary N) is 1. The molecular weight excluding hydrogens is 471 g/mol. The van der Waals surface area contributed by atoms with E-state index in [1.807, 2.05) is 72.8 Å². The summed E-state index contributed by atoms with van der Waals surface area (Å²) >= 11 is 2.28. The monoisotopic (exact) mass is 488 g/mol. The number of hydrogen-bond donors (Lipinski definition) is 1. The van der Waals surface area contributed by atoms with Gasteiger partial charge in [0.1, 0.15) is 5.69 Å². The van der Waals surface area contributed by atoms with Crippen LogP contribution in [0.15, 0.2) is 96.0 Å². The number of halogens is 1. The first-order valence-electron chi connectivity index (χ1n) is 9.27. The summed E-state index contributed by atoms with van der Waals surface area (Å²) < 4.78 is 3.13. The number of fused-ring (bicyclic) bond motifs is 2. The second kappa shape index (κ2) is 7.33. The summed E-state index contributed by atoms with van der Waals surface area (Å²) in [5, 5.41) is 0.745. The predicted molar refractivity (Wildman–Crippen MR) is 126 cm³/mol. The van der Waals surface area contributed by atoms with E-state index in [4.69, 9.17) is 15.7 Å². The van der Waals surface area contributed by atoms with Gasteiger partial charge in [0, 0.05) is 5.69 Å². The summed E-state index contributed by atoms with van der Waals surface area (Å²) in [6.45, 7) is 0. The van der Waals surface area contributed by atoms with Crippen LogP contribution in [-0.4, -0.2) is 9.55 Å². The average Bonchev–Trinajstić information content (AvgIpc) is 2.77. The molecule has 5 heteroatoms. The van der Waals surface area contributed by atoms with Crippen LogP contribution in [0.3, 0.4) is 0 Å². The highest BCUT2D eigenvalue weighted by Crippen LogP contribution is 2.33. The first-order chi connectivity index (χ1) is 14.2. The van der Waals surface area contributed by atoms with Crippen molar-refractivity contribution in [3.8, 4) is 17.1 Å². The van der Waals surface area contributed by atoms with Crippen molar-refractivity contribution in [3.63, 3.8) is 0 Å². The van der Waals surface area contributed by atoms with Gasteiger partial charge in [0.05, 0.1) is 37.0 Å². The summed E-state index contributed by atoms with van der Waals surface area (Å²) in [6, 6.07) is 30.4. The van der Waals surface area contributed by atoms with Crippen LogP contribution in [0.5, 0.6) is 0 Å². The van der Waals surface area contributed by atoms with Gasteiger partial charge in [-0.05, 0) is 65.1 Å². The molecule has 0 spiro atoms. The highest BCUT2D eigenvalue weighted by atomic mass is 127. The van der Waals surface area contributed by atoms with Gasteiger partial charge in [-0.25, -0.2) is 9.98 Å². The van der Waals surface area contributed by atoms with E-state index in [0.29, 0.717) is 5.69 Å². The molecule has 0 saturated carbocycles. The Morgan fingerprint density at radius 3 is 2.24 bits per heavy atom. The second-order valence-corrected chi connectivity index (χ2v) is 7.79. The Morgan fingerprint density at radius 1 is 0.828 bits per heavy atom. The quantitative estimate of drug-likeness (QED) is 0.201. The molecule has 0 amide bonds. The molecule has 0 fully saturated rings. The molecule has 5 rings (SSSR count). The first kappa shape index (κ1) is 17.9. The molecule has 29 heavy (non-hydrogen) atoms. The van der Waals surface area contributed by atoms with E-state index in [1.54, 1.807) is 0 Å². The van der Waals surface area contributed by atoms with Gasteiger partial charge in [0.15, 0.2) is 0 Å². The van der Waals surface area contributed by atoms with E-state index < -0.39 is 0 Å². The fourth-order valence-electron chi connectivity index (χ4n) is 3.49. The van der Waals surface area contributed by atoms with Crippen molar-refractivity contribution < 1.29 is 0 Å². The van der Waals surface area contributed by atoms with Crippen LogP contribution < -0.4 is 11.1 Å². The SMILES string of the molecule is Nc1c(I)c2nc3ccccc3n(-c3ccccc3)c-2cc1=Nc1ccccc1. The van der Waals surface area contributed by atoms with Gasteiger partial charge in [-0.2, -0.15) is 0 Å². The average molecular weight is 488 g/mol. The normalized spacial score (nSPS) is 12.0. The Balaban J connectivity index is 1.93. The highest BCUT2D eigenvalue weighted by molar-refractivity contribution is 14.1. The minimum atomic E-state index is 0.643. The lowest BCUT2D eigenvalue weighted by molar-refractivity contribution is 1.07. The first-order valence-corrected chi connectivity index (χ1v) is 10.3. The molecule has 3 aromatic carbocycles. The van der Waals surface area contributed by atoms with Crippen LogP contribution in [0.2, 0.25) is 0 Å². The van der Waals surface area contributed by atoms with Crippen LogP contribution in [0.25, 0.3) is 28.1 Å². The minimum Gasteiger partial charge on any atom is -0.396 e. The maximum absolute atomic E-state index is 6.48. The van der Waals surface area contributed by atoms with Gasteiger partial charge < -0.3 is 10.3 Å². The largest absolute Gasteiger partial charge is 0.396 e. The van der Waals surface area contributed by atoms with E-state index in [0.717, 1.165) is 42.7 Å². The van der Waals surface area contributed by atoms with E-state index in [2.05, 4.69) is 45.4 Å². The number of aromatic nitrogens is 2. The molecule has 3 aromatic rings. The van der Waals surface area contributed by atoms with Crippen LogP contribution in [-0.2, 0) is 0 Å². The Labute approximate surface area is 181 Å². The molecule has 0 aromatic heterocycles. The van der Waals surface area contributed by atoms with Crippen molar-refractivity contribution >= 4 is 45.0 Å². The second-order valence-electron chi connectivity index (χ2n) is 6.71. The third kappa shape index (κ3) is 3.17. The zero-order valence-electron chi connectivity index (χ0n) is 15.5. The van der Waals surface area contributed by atoms with Crippen molar-refractivity contribution in [3.05, 3.63) is 99.9 Å². The van der Waals surface area contributed by atoms with Gasteiger partial charge in [-0.1, -0.05) is 48.5 Å². The van der Waals surface area contributed by atoms with Gasteiger partial charge >= 0.3 is 0 Å². The van der Waals surface area contributed by atoms with E-state index >= 15 is 0 Å². The zero-order valence-corrected chi connectivity index (χ0v) is 17.6. The highest BCUT2D eigenvalue weighted by Gasteiger charge is 2.19. The van der Waals surface area contributed by atoms with Crippen molar-refractivity contribution in [2.24, 2.45) is 4.99 Å². The van der Waals surface area contributed by atoms with Crippen LogP contribution in [0.4, 0.5) is 11.4 Å². The van der Waals surface area contributed by atoms with Crippen molar-refractivity contribution in [1.82, 2.24) is 9.55 Å². The predicted octanol–water partition coefficient (Wildman–Crippen LogP) is 5.55. The molecule has 1 aliphatic heterocycles. The molecule has 2 N–H and O–H groups in total.